The lowest BCUT2D eigenvalue weighted by Crippen LogP contribution is -2.36. The van der Waals surface area contributed by atoms with Gasteiger partial charge in [-0.2, -0.15) is 5.10 Å². The van der Waals surface area contributed by atoms with Crippen LogP contribution in [0.5, 0.6) is 0 Å². The van der Waals surface area contributed by atoms with Crippen LogP contribution in [0.15, 0.2) is 30.5 Å². The van der Waals surface area contributed by atoms with Gasteiger partial charge in [-0.25, -0.2) is 4.68 Å². The van der Waals surface area contributed by atoms with Crippen molar-refractivity contribution >= 4 is 23.5 Å². The molecule has 2 aromatic rings. The molecule has 6 nitrogen and oxygen atoms in total. The van der Waals surface area contributed by atoms with Crippen LogP contribution in [-0.4, -0.2) is 44.8 Å². The Morgan fingerprint density at radius 3 is 2.48 bits per heavy atom. The van der Waals surface area contributed by atoms with Crippen LogP contribution >= 0.6 is 11.6 Å². The molecular formula is C18H22ClN3O3. The van der Waals surface area contributed by atoms with E-state index in [9.17, 15) is 9.59 Å². The van der Waals surface area contributed by atoms with Gasteiger partial charge in [-0.15, -0.1) is 0 Å². The highest BCUT2D eigenvalue weighted by molar-refractivity contribution is 6.30. The maximum Gasteiger partial charge on any atom is 0.305 e. The van der Waals surface area contributed by atoms with Gasteiger partial charge in [0.1, 0.15) is 0 Å². The molecule has 1 N–H and O–H groups in total. The highest BCUT2D eigenvalue weighted by Gasteiger charge is 2.22. The molecule has 1 aromatic heterocycles. The monoisotopic (exact) mass is 363 g/mol. The molecule has 0 aliphatic carbocycles. The predicted molar refractivity (Wildman–Crippen MR) is 96.3 cm³/mol. The Morgan fingerprint density at radius 1 is 1.28 bits per heavy atom. The first-order valence-corrected chi connectivity index (χ1v) is 8.49. The third kappa shape index (κ3) is 5.06. The summed E-state index contributed by atoms with van der Waals surface area (Å²) < 4.78 is 1.63. The smallest absolute Gasteiger partial charge is 0.305 e. The Morgan fingerprint density at radius 2 is 1.92 bits per heavy atom. The van der Waals surface area contributed by atoms with E-state index in [1.807, 2.05) is 26.0 Å². The summed E-state index contributed by atoms with van der Waals surface area (Å²) in [5.74, 6) is -0.882. The quantitative estimate of drug-likeness (QED) is 0.817. The van der Waals surface area contributed by atoms with Crippen LogP contribution in [0.25, 0.3) is 5.69 Å². The van der Waals surface area contributed by atoms with Crippen LogP contribution in [0.2, 0.25) is 5.02 Å². The van der Waals surface area contributed by atoms with Crippen LogP contribution in [0.1, 0.15) is 36.3 Å². The standard InChI is InChI=1S/C18H22ClN3O3/c1-12(2)10-21(9-8-17(23)24)18(25)16-11-22(20-13(16)3)15-6-4-14(19)5-7-15/h4-7,11-12H,8-10H2,1-3H3,(H,23,24). The zero-order valence-electron chi connectivity index (χ0n) is 14.6. The summed E-state index contributed by atoms with van der Waals surface area (Å²) in [7, 11) is 0. The molecule has 0 aliphatic heterocycles. The second kappa shape index (κ2) is 8.16. The normalized spacial score (nSPS) is 10.9. The first-order valence-electron chi connectivity index (χ1n) is 8.11. The van der Waals surface area contributed by atoms with Crippen LogP contribution in [0, 0.1) is 12.8 Å². The van der Waals surface area contributed by atoms with Crippen LogP contribution in [-0.2, 0) is 4.79 Å². The second-order valence-corrected chi connectivity index (χ2v) is 6.77. The van der Waals surface area contributed by atoms with E-state index in [2.05, 4.69) is 5.10 Å². The van der Waals surface area contributed by atoms with E-state index in [-0.39, 0.29) is 24.8 Å². The molecule has 134 valence electrons. The fourth-order valence-electron chi connectivity index (χ4n) is 2.51. The highest BCUT2D eigenvalue weighted by atomic mass is 35.5. The van der Waals surface area contributed by atoms with E-state index in [4.69, 9.17) is 16.7 Å². The van der Waals surface area contributed by atoms with Gasteiger partial charge in [0, 0.05) is 24.3 Å². The molecule has 1 aromatic carbocycles. The minimum absolute atomic E-state index is 0.0805. The highest BCUT2D eigenvalue weighted by Crippen LogP contribution is 2.17. The number of benzene rings is 1. The maximum absolute atomic E-state index is 12.9. The molecular weight excluding hydrogens is 342 g/mol. The molecule has 0 fully saturated rings. The van der Waals surface area contributed by atoms with Gasteiger partial charge in [0.15, 0.2) is 0 Å². The number of nitrogens with zero attached hydrogens (tertiary/aromatic N) is 3. The molecule has 0 spiro atoms. The fraction of sp³-hybridized carbons (Fsp3) is 0.389. The molecule has 0 saturated carbocycles. The molecule has 0 saturated heterocycles. The predicted octanol–water partition coefficient (Wildman–Crippen LogP) is 3.41. The SMILES string of the molecule is Cc1nn(-c2ccc(Cl)cc2)cc1C(=O)N(CCC(=O)O)CC(C)C. The molecule has 0 radical (unpaired) electrons. The van der Waals surface area contributed by atoms with Crippen LogP contribution in [0.3, 0.4) is 0 Å². The Labute approximate surface area is 152 Å². The third-order valence-corrected chi connectivity index (χ3v) is 3.94. The van der Waals surface area contributed by atoms with Gasteiger partial charge in [0.05, 0.1) is 23.4 Å². The number of rotatable bonds is 7. The van der Waals surface area contributed by atoms with E-state index in [0.717, 1.165) is 5.69 Å². The first kappa shape index (κ1) is 19.0. The van der Waals surface area contributed by atoms with E-state index >= 15 is 0 Å². The lowest BCUT2D eigenvalue weighted by molar-refractivity contribution is -0.137. The van der Waals surface area contributed by atoms with Gasteiger partial charge < -0.3 is 10.0 Å². The molecule has 0 bridgehead atoms. The summed E-state index contributed by atoms with van der Waals surface area (Å²) in [6, 6.07) is 7.15. The third-order valence-electron chi connectivity index (χ3n) is 3.69. The Hall–Kier alpha value is -2.34. The molecule has 0 unspecified atom stereocenters. The Kier molecular flexibility index (Phi) is 6.20. The van der Waals surface area contributed by atoms with Gasteiger partial charge in [-0.05, 0) is 37.1 Å². The van der Waals surface area contributed by atoms with Crippen molar-refractivity contribution in [2.75, 3.05) is 13.1 Å². The number of carbonyl (C=O) groups excluding carboxylic acids is 1. The molecule has 1 amide bonds. The summed E-state index contributed by atoms with van der Waals surface area (Å²) in [5, 5.41) is 13.9. The fourth-order valence-corrected chi connectivity index (χ4v) is 2.64. The summed E-state index contributed by atoms with van der Waals surface area (Å²) in [5.41, 5.74) is 1.87. The first-order chi connectivity index (χ1) is 11.8. The molecule has 0 aliphatic rings. The van der Waals surface area contributed by atoms with Gasteiger partial charge in [0.2, 0.25) is 0 Å². The molecule has 1 heterocycles. The zero-order valence-corrected chi connectivity index (χ0v) is 15.3. The molecule has 25 heavy (non-hydrogen) atoms. The Bertz CT molecular complexity index is 753. The average Bonchev–Trinajstić information content (AvgIpc) is 2.92. The summed E-state index contributed by atoms with van der Waals surface area (Å²) in [6.45, 7) is 6.43. The maximum atomic E-state index is 12.9. The summed E-state index contributed by atoms with van der Waals surface area (Å²) in [4.78, 5) is 25.3. The van der Waals surface area contributed by atoms with E-state index < -0.39 is 5.97 Å². The van der Waals surface area contributed by atoms with Gasteiger partial charge in [-0.3, -0.25) is 9.59 Å². The van der Waals surface area contributed by atoms with Crippen molar-refractivity contribution in [3.8, 4) is 5.69 Å². The summed E-state index contributed by atoms with van der Waals surface area (Å²) in [6.07, 6.45) is 1.60. The lowest BCUT2D eigenvalue weighted by atomic mass is 10.1. The number of hydrogen-bond donors (Lipinski definition) is 1. The van der Waals surface area contributed by atoms with Crippen LogP contribution < -0.4 is 0 Å². The van der Waals surface area contributed by atoms with Crippen LogP contribution in [0.4, 0.5) is 0 Å². The van der Waals surface area contributed by atoms with Crippen molar-refractivity contribution in [3.05, 3.63) is 46.7 Å². The minimum atomic E-state index is -0.921. The molecule has 0 atom stereocenters. The number of amides is 1. The van der Waals surface area contributed by atoms with Gasteiger partial charge in [0.25, 0.3) is 5.91 Å². The largest absolute Gasteiger partial charge is 0.481 e. The Balaban J connectivity index is 2.26. The number of aromatic nitrogens is 2. The van der Waals surface area contributed by atoms with Crippen molar-refractivity contribution in [2.45, 2.75) is 27.2 Å². The number of carbonyl (C=O) groups is 2. The van der Waals surface area contributed by atoms with Gasteiger partial charge in [-0.1, -0.05) is 25.4 Å². The molecule has 2 rings (SSSR count). The molecule has 7 heteroatoms. The van der Waals surface area contributed by atoms with Crippen molar-refractivity contribution in [1.82, 2.24) is 14.7 Å². The number of carboxylic acids is 1. The van der Waals surface area contributed by atoms with E-state index in [1.165, 1.54) is 0 Å². The minimum Gasteiger partial charge on any atom is -0.481 e. The number of aliphatic carboxylic acids is 1. The zero-order chi connectivity index (χ0) is 18.6. The lowest BCUT2D eigenvalue weighted by Gasteiger charge is -2.23. The number of halogens is 1. The number of hydrogen-bond acceptors (Lipinski definition) is 3. The van der Waals surface area contributed by atoms with Gasteiger partial charge >= 0.3 is 5.97 Å². The topological polar surface area (TPSA) is 75.4 Å². The van der Waals surface area contributed by atoms with Crippen molar-refractivity contribution in [3.63, 3.8) is 0 Å². The van der Waals surface area contributed by atoms with E-state index in [1.54, 1.807) is 34.8 Å². The van der Waals surface area contributed by atoms with Crippen molar-refractivity contribution < 1.29 is 14.7 Å². The van der Waals surface area contributed by atoms with Crippen molar-refractivity contribution in [2.24, 2.45) is 5.92 Å². The number of carboxylic acid groups (broad SMARTS) is 1. The van der Waals surface area contributed by atoms with E-state index in [0.29, 0.717) is 22.8 Å². The average molecular weight is 364 g/mol. The summed E-state index contributed by atoms with van der Waals surface area (Å²) >= 11 is 5.90. The number of aryl methyl sites for hydroxylation is 1. The second-order valence-electron chi connectivity index (χ2n) is 6.34. The van der Waals surface area contributed by atoms with Crippen molar-refractivity contribution in [1.29, 1.82) is 0 Å².